The zero-order chi connectivity index (χ0) is 15.8. The van der Waals surface area contributed by atoms with Crippen molar-refractivity contribution in [1.82, 2.24) is 10.6 Å². The Balaban J connectivity index is 3.95. The van der Waals surface area contributed by atoms with Crippen LogP contribution in [0.25, 0.3) is 0 Å². The Morgan fingerprint density at radius 2 is 1.85 bits per heavy atom. The van der Waals surface area contributed by atoms with Crippen LogP contribution in [0.1, 0.15) is 39.5 Å². The number of unbranched alkanes of at least 4 members (excludes halogenated alkanes) is 1. The molecular weight excluding hydrogens is 277 g/mol. The van der Waals surface area contributed by atoms with Crippen molar-refractivity contribution in [2.75, 3.05) is 6.54 Å². The van der Waals surface area contributed by atoms with Gasteiger partial charge < -0.3 is 15.7 Å². The summed E-state index contributed by atoms with van der Waals surface area (Å²) in [5.74, 6) is -1.37. The number of amides is 2. The summed E-state index contributed by atoms with van der Waals surface area (Å²) in [5, 5.41) is 13.6. The van der Waals surface area contributed by atoms with Crippen LogP contribution in [0.15, 0.2) is 0 Å². The second-order valence-electron chi connectivity index (χ2n) is 4.67. The number of carbonyl (C=O) groups is 2. The van der Waals surface area contributed by atoms with Gasteiger partial charge in [-0.15, -0.1) is 0 Å². The van der Waals surface area contributed by atoms with Crippen LogP contribution < -0.4 is 10.6 Å². The molecule has 0 bridgehead atoms. The maximum Gasteiger partial charge on any atom is 0.389 e. The second-order valence-corrected chi connectivity index (χ2v) is 4.67. The van der Waals surface area contributed by atoms with E-state index in [0.717, 1.165) is 0 Å². The van der Waals surface area contributed by atoms with Crippen molar-refractivity contribution in [1.29, 1.82) is 0 Å². The third-order valence-corrected chi connectivity index (χ3v) is 2.94. The minimum Gasteiger partial charge on any atom is -0.480 e. The molecule has 118 valence electrons. The molecule has 0 aliphatic carbocycles. The van der Waals surface area contributed by atoms with E-state index in [2.05, 4.69) is 10.6 Å². The van der Waals surface area contributed by atoms with E-state index in [0.29, 0.717) is 6.42 Å². The lowest BCUT2D eigenvalue weighted by atomic mass is 9.99. The lowest BCUT2D eigenvalue weighted by molar-refractivity contribution is -0.140. The monoisotopic (exact) mass is 298 g/mol. The average molecular weight is 298 g/mol. The fraction of sp³-hybridized carbons (Fsp3) is 0.833. The highest BCUT2D eigenvalue weighted by atomic mass is 19.4. The van der Waals surface area contributed by atoms with Crippen LogP contribution in [0, 0.1) is 5.92 Å². The highest BCUT2D eigenvalue weighted by Gasteiger charge is 2.26. The Kier molecular flexibility index (Phi) is 8.02. The highest BCUT2D eigenvalue weighted by Crippen LogP contribution is 2.21. The second kappa shape index (κ2) is 8.65. The minimum absolute atomic E-state index is 0.0719. The van der Waals surface area contributed by atoms with Crippen molar-refractivity contribution in [3.63, 3.8) is 0 Å². The molecule has 0 unspecified atom stereocenters. The molecule has 0 aromatic carbocycles. The van der Waals surface area contributed by atoms with Gasteiger partial charge in [0.1, 0.15) is 6.04 Å². The first-order valence-corrected chi connectivity index (χ1v) is 6.51. The van der Waals surface area contributed by atoms with Crippen LogP contribution in [0.5, 0.6) is 0 Å². The number of rotatable bonds is 8. The molecule has 0 saturated heterocycles. The lowest BCUT2D eigenvalue weighted by Crippen LogP contribution is -2.49. The molecule has 3 N–H and O–H groups in total. The van der Waals surface area contributed by atoms with Crippen molar-refractivity contribution in [2.45, 2.75) is 51.7 Å². The van der Waals surface area contributed by atoms with Gasteiger partial charge in [0.25, 0.3) is 0 Å². The SMILES string of the molecule is CC[C@H](C)[C@H](NC(=O)NCCCCC(F)(F)F)C(=O)O. The number of aliphatic carboxylic acids is 1. The van der Waals surface area contributed by atoms with E-state index in [9.17, 15) is 22.8 Å². The smallest absolute Gasteiger partial charge is 0.389 e. The quantitative estimate of drug-likeness (QED) is 0.602. The van der Waals surface area contributed by atoms with Gasteiger partial charge in [-0.25, -0.2) is 9.59 Å². The molecule has 0 radical (unpaired) electrons. The molecule has 2 atom stereocenters. The van der Waals surface area contributed by atoms with E-state index in [-0.39, 0.29) is 25.3 Å². The van der Waals surface area contributed by atoms with Crippen LogP contribution >= 0.6 is 0 Å². The van der Waals surface area contributed by atoms with Crippen molar-refractivity contribution in [3.05, 3.63) is 0 Å². The zero-order valence-electron chi connectivity index (χ0n) is 11.6. The molecule has 8 heteroatoms. The third kappa shape index (κ3) is 8.60. The Hall–Kier alpha value is -1.47. The van der Waals surface area contributed by atoms with Gasteiger partial charge in [0.15, 0.2) is 0 Å². The molecule has 2 amide bonds. The van der Waals surface area contributed by atoms with Crippen molar-refractivity contribution in [2.24, 2.45) is 5.92 Å². The molecule has 5 nitrogen and oxygen atoms in total. The fourth-order valence-corrected chi connectivity index (χ4v) is 1.53. The van der Waals surface area contributed by atoms with Gasteiger partial charge in [-0.05, 0) is 18.8 Å². The van der Waals surface area contributed by atoms with E-state index >= 15 is 0 Å². The summed E-state index contributed by atoms with van der Waals surface area (Å²) >= 11 is 0. The first kappa shape index (κ1) is 18.5. The zero-order valence-corrected chi connectivity index (χ0v) is 11.6. The number of alkyl halides is 3. The molecular formula is C12H21F3N2O3. The van der Waals surface area contributed by atoms with Gasteiger partial charge in [-0.2, -0.15) is 13.2 Å². The predicted octanol–water partition coefficient (Wildman–Crippen LogP) is 2.52. The van der Waals surface area contributed by atoms with E-state index in [4.69, 9.17) is 5.11 Å². The molecule has 0 aromatic heterocycles. The summed E-state index contributed by atoms with van der Waals surface area (Å²) in [6, 6.07) is -1.68. The summed E-state index contributed by atoms with van der Waals surface area (Å²) in [6.07, 6.45) is -4.37. The minimum atomic E-state index is -4.19. The number of halogens is 3. The molecule has 0 saturated carbocycles. The molecule has 0 fully saturated rings. The van der Waals surface area contributed by atoms with Gasteiger partial charge in [0.05, 0.1) is 0 Å². The van der Waals surface area contributed by atoms with Crippen LogP contribution in [0.4, 0.5) is 18.0 Å². The van der Waals surface area contributed by atoms with E-state index in [1.807, 2.05) is 0 Å². The molecule has 0 heterocycles. The number of nitrogens with one attached hydrogen (secondary N) is 2. The van der Waals surface area contributed by atoms with Gasteiger partial charge >= 0.3 is 18.2 Å². The number of carboxylic acids is 1. The summed E-state index contributed by atoms with van der Waals surface area (Å²) in [7, 11) is 0. The summed E-state index contributed by atoms with van der Waals surface area (Å²) in [6.45, 7) is 3.58. The van der Waals surface area contributed by atoms with Crippen LogP contribution in [0.3, 0.4) is 0 Å². The van der Waals surface area contributed by atoms with Crippen LogP contribution in [0.2, 0.25) is 0 Å². The van der Waals surface area contributed by atoms with Crippen molar-refractivity contribution >= 4 is 12.0 Å². The Labute approximate surface area is 115 Å². The highest BCUT2D eigenvalue weighted by molar-refractivity contribution is 5.82. The van der Waals surface area contributed by atoms with Crippen LogP contribution in [-0.2, 0) is 4.79 Å². The molecule has 0 aromatic rings. The number of carboxylic acid groups (broad SMARTS) is 1. The number of hydrogen-bond donors (Lipinski definition) is 3. The maximum absolute atomic E-state index is 11.9. The van der Waals surface area contributed by atoms with Crippen molar-refractivity contribution in [3.8, 4) is 0 Å². The summed E-state index contributed by atoms with van der Waals surface area (Å²) in [4.78, 5) is 22.4. The van der Waals surface area contributed by atoms with Gasteiger partial charge in [-0.1, -0.05) is 20.3 Å². The Morgan fingerprint density at radius 3 is 2.30 bits per heavy atom. The van der Waals surface area contributed by atoms with Gasteiger partial charge in [-0.3, -0.25) is 0 Å². The van der Waals surface area contributed by atoms with E-state index in [1.54, 1.807) is 13.8 Å². The first-order valence-electron chi connectivity index (χ1n) is 6.51. The molecule has 0 rings (SSSR count). The molecule has 0 aliphatic heterocycles. The first-order chi connectivity index (χ1) is 9.17. The number of urea groups is 1. The fourth-order valence-electron chi connectivity index (χ4n) is 1.53. The summed E-state index contributed by atoms with van der Waals surface area (Å²) in [5.41, 5.74) is 0. The topological polar surface area (TPSA) is 78.4 Å². The molecule has 0 aliphatic rings. The lowest BCUT2D eigenvalue weighted by Gasteiger charge is -2.20. The van der Waals surface area contributed by atoms with Gasteiger partial charge in [0.2, 0.25) is 0 Å². The van der Waals surface area contributed by atoms with E-state index in [1.165, 1.54) is 0 Å². The summed E-state index contributed by atoms with van der Waals surface area (Å²) < 4.78 is 35.6. The normalized spacial score (nSPS) is 14.4. The van der Waals surface area contributed by atoms with Crippen molar-refractivity contribution < 1.29 is 27.9 Å². The van der Waals surface area contributed by atoms with Crippen LogP contribution in [-0.4, -0.2) is 35.9 Å². The third-order valence-electron chi connectivity index (χ3n) is 2.94. The van der Waals surface area contributed by atoms with E-state index < -0.39 is 30.6 Å². The molecule has 20 heavy (non-hydrogen) atoms. The Bertz CT molecular complexity index is 322. The van der Waals surface area contributed by atoms with Gasteiger partial charge in [0, 0.05) is 13.0 Å². The largest absolute Gasteiger partial charge is 0.480 e. The number of carbonyl (C=O) groups excluding carboxylic acids is 1. The average Bonchev–Trinajstić information content (AvgIpc) is 2.32. The molecule has 0 spiro atoms. The predicted molar refractivity (Wildman–Crippen MR) is 67.3 cm³/mol. The Morgan fingerprint density at radius 1 is 1.25 bits per heavy atom. The standard InChI is InChI=1S/C12H21F3N2O3/c1-3-8(2)9(10(18)19)17-11(20)16-7-5-4-6-12(13,14)15/h8-9H,3-7H2,1-2H3,(H,18,19)(H2,16,17,20)/t8-,9-/m0/s1. The number of hydrogen-bond acceptors (Lipinski definition) is 2. The maximum atomic E-state index is 11.9.